The van der Waals surface area contributed by atoms with E-state index < -0.39 is 0 Å². The van der Waals surface area contributed by atoms with Gasteiger partial charge in [0.05, 0.1) is 0 Å². The molecule has 1 aliphatic carbocycles. The van der Waals surface area contributed by atoms with Crippen molar-refractivity contribution in [3.8, 4) is 0 Å². The van der Waals surface area contributed by atoms with Crippen LogP contribution in [0.1, 0.15) is 39.5 Å². The van der Waals surface area contributed by atoms with Gasteiger partial charge in [-0.3, -0.25) is 0 Å². The molecule has 0 amide bonds. The van der Waals surface area contributed by atoms with E-state index in [0.717, 1.165) is 24.8 Å². The van der Waals surface area contributed by atoms with Crippen LogP contribution < -0.4 is 0 Å². The lowest BCUT2D eigenvalue weighted by molar-refractivity contribution is 0.564. The summed E-state index contributed by atoms with van der Waals surface area (Å²) in [4.78, 5) is 0. The summed E-state index contributed by atoms with van der Waals surface area (Å²) in [6.45, 7) is 4.13. The van der Waals surface area contributed by atoms with E-state index in [0.29, 0.717) is 6.42 Å². The molecular weight excluding hydrogens is 139 g/mol. The Morgan fingerprint density at radius 2 is 2.00 bits per heavy atom. The van der Waals surface area contributed by atoms with Gasteiger partial charge in [-0.25, -0.2) is 4.39 Å². The van der Waals surface area contributed by atoms with Crippen molar-refractivity contribution in [2.75, 3.05) is 0 Å². The highest BCUT2D eigenvalue weighted by Crippen LogP contribution is 2.27. The minimum absolute atomic E-state index is 0.102. The van der Waals surface area contributed by atoms with Crippen LogP contribution in [-0.4, -0.2) is 0 Å². The topological polar surface area (TPSA) is 0 Å². The van der Waals surface area contributed by atoms with Crippen molar-refractivity contribution in [2.45, 2.75) is 39.5 Å². The standard InChI is InChI=1S/C10H15F/c1-3-8-5-6-10(11)9(4-2)7-8/h7H,3-6H2,1-2H3. The Morgan fingerprint density at radius 3 is 2.55 bits per heavy atom. The molecule has 1 heteroatoms. The second kappa shape index (κ2) is 3.70. The van der Waals surface area contributed by atoms with Crippen molar-refractivity contribution < 1.29 is 4.39 Å². The second-order valence-electron chi connectivity index (χ2n) is 2.94. The molecule has 0 aromatic heterocycles. The van der Waals surface area contributed by atoms with Crippen LogP contribution in [0.2, 0.25) is 0 Å². The predicted octanol–water partition coefficient (Wildman–Crippen LogP) is 3.75. The molecule has 0 atom stereocenters. The minimum Gasteiger partial charge on any atom is -0.212 e. The van der Waals surface area contributed by atoms with E-state index in [1.165, 1.54) is 5.57 Å². The molecule has 0 fully saturated rings. The van der Waals surface area contributed by atoms with Crippen molar-refractivity contribution >= 4 is 0 Å². The van der Waals surface area contributed by atoms with Gasteiger partial charge in [0.2, 0.25) is 0 Å². The van der Waals surface area contributed by atoms with Gasteiger partial charge in [-0.2, -0.15) is 0 Å². The first-order chi connectivity index (χ1) is 5.27. The number of rotatable bonds is 2. The van der Waals surface area contributed by atoms with E-state index in [4.69, 9.17) is 0 Å². The molecule has 0 saturated heterocycles. The molecule has 0 aliphatic heterocycles. The Kier molecular flexibility index (Phi) is 2.86. The summed E-state index contributed by atoms with van der Waals surface area (Å²) in [6.07, 6.45) is 5.47. The maximum absolute atomic E-state index is 13.0. The van der Waals surface area contributed by atoms with Crippen LogP contribution in [0.5, 0.6) is 0 Å². The van der Waals surface area contributed by atoms with Crippen molar-refractivity contribution in [3.63, 3.8) is 0 Å². The Hall–Kier alpha value is -0.590. The van der Waals surface area contributed by atoms with Crippen molar-refractivity contribution in [2.24, 2.45) is 0 Å². The Labute approximate surface area is 67.8 Å². The van der Waals surface area contributed by atoms with Gasteiger partial charge in [-0.15, -0.1) is 0 Å². The second-order valence-corrected chi connectivity index (χ2v) is 2.94. The summed E-state index contributed by atoms with van der Waals surface area (Å²) in [5.74, 6) is 0.102. The lowest BCUT2D eigenvalue weighted by Gasteiger charge is -2.12. The normalized spacial score (nSPS) is 18.6. The summed E-state index contributed by atoms with van der Waals surface area (Å²) in [5, 5.41) is 0. The van der Waals surface area contributed by atoms with Gasteiger partial charge < -0.3 is 0 Å². The first-order valence-corrected chi connectivity index (χ1v) is 4.34. The van der Waals surface area contributed by atoms with Crippen LogP contribution in [0.3, 0.4) is 0 Å². The third-order valence-electron chi connectivity index (χ3n) is 2.23. The van der Waals surface area contributed by atoms with Crippen LogP contribution in [-0.2, 0) is 0 Å². The predicted molar refractivity (Wildman–Crippen MR) is 46.0 cm³/mol. The monoisotopic (exact) mass is 154 g/mol. The smallest absolute Gasteiger partial charge is 0.103 e. The maximum Gasteiger partial charge on any atom is 0.103 e. The molecule has 0 bridgehead atoms. The SMILES string of the molecule is CCC1=CC(CC)=C(F)CC1. The van der Waals surface area contributed by atoms with Gasteiger partial charge in [-0.05, 0) is 24.8 Å². The summed E-state index contributed by atoms with van der Waals surface area (Å²) >= 11 is 0. The first kappa shape index (κ1) is 8.51. The molecule has 1 aliphatic rings. The summed E-state index contributed by atoms with van der Waals surface area (Å²) in [7, 11) is 0. The highest BCUT2D eigenvalue weighted by Gasteiger charge is 2.09. The zero-order valence-electron chi connectivity index (χ0n) is 7.28. The fourth-order valence-corrected chi connectivity index (χ4v) is 1.40. The van der Waals surface area contributed by atoms with E-state index in [1.807, 2.05) is 13.0 Å². The van der Waals surface area contributed by atoms with E-state index in [2.05, 4.69) is 6.92 Å². The molecule has 0 heterocycles. The molecule has 0 spiro atoms. The number of hydrogen-bond donors (Lipinski definition) is 0. The van der Waals surface area contributed by atoms with Gasteiger partial charge in [0.25, 0.3) is 0 Å². The van der Waals surface area contributed by atoms with Gasteiger partial charge in [0, 0.05) is 6.42 Å². The van der Waals surface area contributed by atoms with E-state index in [-0.39, 0.29) is 5.83 Å². The van der Waals surface area contributed by atoms with E-state index in [1.54, 1.807) is 0 Å². The Morgan fingerprint density at radius 1 is 1.27 bits per heavy atom. The number of halogens is 1. The zero-order chi connectivity index (χ0) is 8.27. The van der Waals surface area contributed by atoms with Crippen LogP contribution in [0.15, 0.2) is 23.0 Å². The fourth-order valence-electron chi connectivity index (χ4n) is 1.40. The third-order valence-corrected chi connectivity index (χ3v) is 2.23. The lowest BCUT2D eigenvalue weighted by Crippen LogP contribution is -1.94. The first-order valence-electron chi connectivity index (χ1n) is 4.34. The molecule has 0 saturated carbocycles. The molecule has 11 heavy (non-hydrogen) atoms. The fraction of sp³-hybridized carbons (Fsp3) is 0.600. The molecule has 1 rings (SSSR count). The lowest BCUT2D eigenvalue weighted by atomic mass is 9.95. The van der Waals surface area contributed by atoms with Gasteiger partial charge >= 0.3 is 0 Å². The number of hydrogen-bond acceptors (Lipinski definition) is 0. The van der Waals surface area contributed by atoms with Crippen molar-refractivity contribution in [3.05, 3.63) is 23.0 Å². The Bertz CT molecular complexity index is 199. The molecule has 0 radical (unpaired) electrons. The van der Waals surface area contributed by atoms with Crippen LogP contribution in [0.25, 0.3) is 0 Å². The van der Waals surface area contributed by atoms with Crippen molar-refractivity contribution in [1.29, 1.82) is 0 Å². The molecule has 0 N–H and O–H groups in total. The van der Waals surface area contributed by atoms with Crippen LogP contribution in [0.4, 0.5) is 4.39 Å². The Balaban J connectivity index is 2.78. The number of allylic oxidation sites excluding steroid dienone is 4. The van der Waals surface area contributed by atoms with Gasteiger partial charge in [-0.1, -0.05) is 25.5 Å². The average Bonchev–Trinajstić information content (AvgIpc) is 2.05. The van der Waals surface area contributed by atoms with Crippen LogP contribution >= 0.6 is 0 Å². The molecule has 0 unspecified atom stereocenters. The highest BCUT2D eigenvalue weighted by molar-refractivity contribution is 5.30. The molecule has 62 valence electrons. The highest BCUT2D eigenvalue weighted by atomic mass is 19.1. The zero-order valence-corrected chi connectivity index (χ0v) is 7.28. The molecule has 0 aromatic rings. The summed E-state index contributed by atoms with van der Waals surface area (Å²) in [5.41, 5.74) is 2.30. The minimum atomic E-state index is 0.102. The van der Waals surface area contributed by atoms with Gasteiger partial charge in [0.15, 0.2) is 0 Å². The summed E-state index contributed by atoms with van der Waals surface area (Å²) in [6, 6.07) is 0. The maximum atomic E-state index is 13.0. The molecule has 0 aromatic carbocycles. The van der Waals surface area contributed by atoms with Crippen molar-refractivity contribution in [1.82, 2.24) is 0 Å². The van der Waals surface area contributed by atoms with E-state index in [9.17, 15) is 4.39 Å². The van der Waals surface area contributed by atoms with Crippen LogP contribution in [0, 0.1) is 0 Å². The average molecular weight is 154 g/mol. The van der Waals surface area contributed by atoms with Gasteiger partial charge in [0.1, 0.15) is 5.83 Å². The summed E-state index contributed by atoms with van der Waals surface area (Å²) < 4.78 is 13.0. The largest absolute Gasteiger partial charge is 0.212 e. The van der Waals surface area contributed by atoms with E-state index >= 15 is 0 Å². The molecular formula is C10H15F. The molecule has 0 nitrogen and oxygen atoms in total. The third kappa shape index (κ3) is 1.92. The quantitative estimate of drug-likeness (QED) is 0.568.